The molecule has 0 fully saturated rings. The number of thioether (sulfide) groups is 1. The Balaban J connectivity index is 1.78. The van der Waals surface area contributed by atoms with Crippen molar-refractivity contribution in [1.29, 1.82) is 0 Å². The highest BCUT2D eigenvalue weighted by Gasteiger charge is 2.02. The summed E-state index contributed by atoms with van der Waals surface area (Å²) in [4.78, 5) is 12.7. The zero-order valence-electron chi connectivity index (χ0n) is 13.1. The van der Waals surface area contributed by atoms with Crippen molar-refractivity contribution in [2.45, 2.75) is 24.7 Å². The van der Waals surface area contributed by atoms with Crippen LogP contribution in [0.3, 0.4) is 0 Å². The lowest BCUT2D eigenvalue weighted by Crippen LogP contribution is -2.19. The van der Waals surface area contributed by atoms with Crippen LogP contribution in [0.1, 0.15) is 30.9 Å². The molecule has 0 aliphatic heterocycles. The number of amides is 1. The highest BCUT2D eigenvalue weighted by atomic mass is 35.5. The number of benzene rings is 2. The second-order valence-corrected chi connectivity index (χ2v) is 6.84. The third-order valence-electron chi connectivity index (χ3n) is 3.19. The number of nitrogens with zero attached hydrogens (tertiary/aromatic N) is 1. The molecule has 0 saturated heterocycles. The number of nitrogens with one attached hydrogen (secondary N) is 1. The van der Waals surface area contributed by atoms with Gasteiger partial charge in [-0.15, -0.1) is 11.8 Å². The maximum Gasteiger partial charge on any atom is 0.250 e. The summed E-state index contributed by atoms with van der Waals surface area (Å²) < 4.78 is 0. The normalized spacial score (nSPS) is 11.1. The van der Waals surface area contributed by atoms with Gasteiger partial charge in [0.15, 0.2) is 0 Å². The average Bonchev–Trinajstić information content (AvgIpc) is 2.55. The van der Waals surface area contributed by atoms with Crippen LogP contribution in [0.15, 0.2) is 58.5 Å². The molecule has 2 aromatic rings. The fourth-order valence-electron chi connectivity index (χ4n) is 1.86. The summed E-state index contributed by atoms with van der Waals surface area (Å²) in [7, 11) is 0. The van der Waals surface area contributed by atoms with E-state index >= 15 is 0 Å². The predicted octanol–water partition coefficient (Wildman–Crippen LogP) is 4.71. The summed E-state index contributed by atoms with van der Waals surface area (Å²) in [6, 6.07) is 15.5. The van der Waals surface area contributed by atoms with E-state index in [0.29, 0.717) is 16.7 Å². The van der Waals surface area contributed by atoms with Gasteiger partial charge in [0.1, 0.15) is 0 Å². The van der Waals surface area contributed by atoms with Crippen molar-refractivity contribution < 1.29 is 4.79 Å². The molecule has 3 nitrogen and oxygen atoms in total. The summed E-state index contributed by atoms with van der Waals surface area (Å²) in [6.45, 7) is 4.31. The van der Waals surface area contributed by atoms with E-state index in [-0.39, 0.29) is 5.91 Å². The molecule has 0 heterocycles. The first kappa shape index (κ1) is 17.6. The van der Waals surface area contributed by atoms with E-state index in [4.69, 9.17) is 11.6 Å². The van der Waals surface area contributed by atoms with Gasteiger partial charge in [-0.1, -0.05) is 49.7 Å². The number of hydrogen-bond acceptors (Lipinski definition) is 3. The minimum Gasteiger partial charge on any atom is -0.272 e. The summed E-state index contributed by atoms with van der Waals surface area (Å²) >= 11 is 7.26. The molecule has 2 aromatic carbocycles. The highest BCUT2D eigenvalue weighted by Crippen LogP contribution is 2.19. The number of carbonyl (C=O) groups is 1. The Morgan fingerprint density at radius 2 is 1.83 bits per heavy atom. The van der Waals surface area contributed by atoms with Gasteiger partial charge in [0.25, 0.3) is 0 Å². The van der Waals surface area contributed by atoms with Crippen molar-refractivity contribution >= 4 is 35.5 Å². The molecule has 120 valence electrons. The lowest BCUT2D eigenvalue weighted by Gasteiger charge is -2.04. The van der Waals surface area contributed by atoms with E-state index < -0.39 is 0 Å². The molecule has 1 amide bonds. The van der Waals surface area contributed by atoms with Crippen molar-refractivity contribution in [3.8, 4) is 0 Å². The van der Waals surface area contributed by atoms with Gasteiger partial charge in [0.2, 0.25) is 5.91 Å². The van der Waals surface area contributed by atoms with E-state index in [9.17, 15) is 4.79 Å². The van der Waals surface area contributed by atoms with E-state index in [1.807, 2.05) is 24.3 Å². The quantitative estimate of drug-likeness (QED) is 0.467. The van der Waals surface area contributed by atoms with Gasteiger partial charge < -0.3 is 0 Å². The molecule has 0 aliphatic carbocycles. The Bertz CT molecular complexity index is 666. The topological polar surface area (TPSA) is 41.5 Å². The predicted molar refractivity (Wildman–Crippen MR) is 98.4 cm³/mol. The Labute approximate surface area is 146 Å². The average molecular weight is 347 g/mol. The standard InChI is InChI=1S/C18H19ClN2OS/c1-13(2)15-5-3-14(4-6-15)11-20-21-18(22)12-23-17-9-7-16(19)8-10-17/h3-11,13H,12H2,1-2H3,(H,21,22)/b20-11+. The van der Waals surface area contributed by atoms with Crippen LogP contribution in [0.4, 0.5) is 0 Å². The Hall–Kier alpha value is -1.78. The maximum atomic E-state index is 11.7. The van der Waals surface area contributed by atoms with Crippen LogP contribution >= 0.6 is 23.4 Å². The fraction of sp³-hybridized carbons (Fsp3) is 0.222. The third kappa shape index (κ3) is 6.08. The van der Waals surface area contributed by atoms with E-state index in [0.717, 1.165) is 10.5 Å². The van der Waals surface area contributed by atoms with Crippen LogP contribution in [0.2, 0.25) is 5.02 Å². The van der Waals surface area contributed by atoms with Crippen molar-refractivity contribution in [3.05, 3.63) is 64.7 Å². The van der Waals surface area contributed by atoms with Crippen LogP contribution in [0, 0.1) is 0 Å². The molecular weight excluding hydrogens is 328 g/mol. The van der Waals surface area contributed by atoms with Crippen LogP contribution in [0.25, 0.3) is 0 Å². The fourth-order valence-corrected chi connectivity index (χ4v) is 2.67. The first-order chi connectivity index (χ1) is 11.0. The SMILES string of the molecule is CC(C)c1ccc(/C=N/NC(=O)CSc2ccc(Cl)cc2)cc1. The summed E-state index contributed by atoms with van der Waals surface area (Å²) in [5, 5.41) is 4.67. The van der Waals surface area contributed by atoms with Crippen molar-refractivity contribution in [3.63, 3.8) is 0 Å². The number of carbonyl (C=O) groups excluding carboxylic acids is 1. The summed E-state index contributed by atoms with van der Waals surface area (Å²) in [5.41, 5.74) is 4.78. The molecule has 23 heavy (non-hydrogen) atoms. The molecular formula is C18H19ClN2OS. The number of rotatable bonds is 6. The first-order valence-electron chi connectivity index (χ1n) is 7.35. The minimum atomic E-state index is -0.139. The van der Waals surface area contributed by atoms with Crippen LogP contribution in [-0.2, 0) is 4.79 Å². The van der Waals surface area contributed by atoms with Gasteiger partial charge in [0, 0.05) is 9.92 Å². The van der Waals surface area contributed by atoms with E-state index in [1.54, 1.807) is 18.3 Å². The molecule has 0 unspecified atom stereocenters. The van der Waals surface area contributed by atoms with Gasteiger partial charge >= 0.3 is 0 Å². The molecule has 0 saturated carbocycles. The summed E-state index contributed by atoms with van der Waals surface area (Å²) in [5.74, 6) is 0.677. The van der Waals surface area contributed by atoms with Gasteiger partial charge in [-0.05, 0) is 41.3 Å². The largest absolute Gasteiger partial charge is 0.272 e. The maximum absolute atomic E-state index is 11.7. The second-order valence-electron chi connectivity index (χ2n) is 5.36. The summed E-state index contributed by atoms with van der Waals surface area (Å²) in [6.07, 6.45) is 1.65. The lowest BCUT2D eigenvalue weighted by atomic mass is 10.0. The van der Waals surface area contributed by atoms with Crippen LogP contribution < -0.4 is 5.43 Å². The highest BCUT2D eigenvalue weighted by molar-refractivity contribution is 8.00. The van der Waals surface area contributed by atoms with Gasteiger partial charge in [-0.3, -0.25) is 4.79 Å². The first-order valence-corrected chi connectivity index (χ1v) is 8.71. The molecule has 0 bridgehead atoms. The number of hydrazone groups is 1. The molecule has 5 heteroatoms. The lowest BCUT2D eigenvalue weighted by molar-refractivity contribution is -0.118. The van der Waals surface area contributed by atoms with Crippen LogP contribution in [-0.4, -0.2) is 17.9 Å². The number of halogens is 1. The molecule has 2 rings (SSSR count). The smallest absolute Gasteiger partial charge is 0.250 e. The van der Waals surface area contributed by atoms with Crippen molar-refractivity contribution in [1.82, 2.24) is 5.43 Å². The molecule has 0 aliphatic rings. The van der Waals surface area contributed by atoms with Crippen LogP contribution in [0.5, 0.6) is 0 Å². The van der Waals surface area contributed by atoms with E-state index in [2.05, 4.69) is 36.5 Å². The van der Waals surface area contributed by atoms with Gasteiger partial charge in [0.05, 0.1) is 12.0 Å². The minimum absolute atomic E-state index is 0.139. The monoisotopic (exact) mass is 346 g/mol. The van der Waals surface area contributed by atoms with Crippen molar-refractivity contribution in [2.24, 2.45) is 5.10 Å². The zero-order valence-corrected chi connectivity index (χ0v) is 14.7. The van der Waals surface area contributed by atoms with E-state index in [1.165, 1.54) is 17.3 Å². The molecule has 0 atom stereocenters. The zero-order chi connectivity index (χ0) is 16.7. The molecule has 0 aromatic heterocycles. The Morgan fingerprint density at radius 3 is 2.43 bits per heavy atom. The third-order valence-corrected chi connectivity index (χ3v) is 4.45. The molecule has 0 radical (unpaired) electrons. The Morgan fingerprint density at radius 1 is 1.17 bits per heavy atom. The number of hydrogen-bond donors (Lipinski definition) is 1. The second kappa shape index (κ2) is 8.75. The molecule has 1 N–H and O–H groups in total. The van der Waals surface area contributed by atoms with Gasteiger partial charge in [-0.2, -0.15) is 5.10 Å². The Kier molecular flexibility index (Phi) is 6.68. The van der Waals surface area contributed by atoms with Gasteiger partial charge in [-0.25, -0.2) is 5.43 Å². The molecule has 0 spiro atoms. The van der Waals surface area contributed by atoms with Crippen molar-refractivity contribution in [2.75, 3.05) is 5.75 Å².